The number of rotatable bonds is 0. The van der Waals surface area contributed by atoms with E-state index in [4.69, 9.17) is 10.00 Å². The Labute approximate surface area is 86.5 Å². The largest absolute Gasteiger partial charge is 0.380 e. The summed E-state index contributed by atoms with van der Waals surface area (Å²) >= 11 is 0. The van der Waals surface area contributed by atoms with Crippen LogP contribution in [0.25, 0.3) is 0 Å². The molecule has 0 saturated carbocycles. The number of aliphatic imine (C=N–C) groups is 1. The summed E-state index contributed by atoms with van der Waals surface area (Å²) < 4.78 is 9.66. The maximum Gasteiger partial charge on any atom is 0.241 e. The van der Waals surface area contributed by atoms with Gasteiger partial charge in [-0.2, -0.15) is 9.62 Å². The van der Waals surface area contributed by atoms with Crippen LogP contribution in [0.4, 0.5) is 0 Å². The maximum atomic E-state index is 8.47. The predicted molar refractivity (Wildman–Crippen MR) is 57.1 cm³/mol. The van der Waals surface area contributed by atoms with E-state index in [1.165, 1.54) is 0 Å². The highest BCUT2D eigenvalue weighted by Crippen LogP contribution is 2.00. The lowest BCUT2D eigenvalue weighted by Crippen LogP contribution is -2.25. The molecule has 1 aliphatic rings. The molecule has 0 aromatic carbocycles. The third-order valence-electron chi connectivity index (χ3n) is 1.69. The third-order valence-corrected chi connectivity index (χ3v) is 3.38. The Balaban J connectivity index is 2.71. The Kier molecular flexibility index (Phi) is 4.56. The molecule has 0 N–H and O–H groups in total. The van der Waals surface area contributed by atoms with E-state index in [1.54, 1.807) is 11.1 Å². The van der Waals surface area contributed by atoms with Crippen molar-refractivity contribution in [2.75, 3.05) is 38.8 Å². The molecule has 0 unspecified atom stereocenters. The van der Waals surface area contributed by atoms with Gasteiger partial charge in [-0.25, -0.2) is 0 Å². The molecule has 0 radical (unpaired) electrons. The van der Waals surface area contributed by atoms with Gasteiger partial charge in [0.1, 0.15) is 0 Å². The van der Waals surface area contributed by atoms with Gasteiger partial charge in [0.25, 0.3) is 0 Å². The van der Waals surface area contributed by atoms with Crippen molar-refractivity contribution in [1.82, 2.24) is 4.90 Å². The highest BCUT2D eigenvalue weighted by molar-refractivity contribution is 7.87. The fourth-order valence-corrected chi connectivity index (χ4v) is 2.41. The van der Waals surface area contributed by atoms with Gasteiger partial charge >= 0.3 is 0 Å². The van der Waals surface area contributed by atoms with Crippen LogP contribution in [-0.4, -0.2) is 49.7 Å². The summed E-state index contributed by atoms with van der Waals surface area (Å²) in [6, 6.07) is 0. The average Bonchev–Trinajstić information content (AvgIpc) is 2.18. The Hall–Kier alpha value is -0.930. The lowest BCUT2D eigenvalue weighted by atomic mass is 10.8. The summed E-state index contributed by atoms with van der Waals surface area (Å²) in [6.45, 7) is 1.53. The van der Waals surface area contributed by atoms with E-state index < -0.39 is 0 Å². The number of nitriles is 1. The van der Waals surface area contributed by atoms with E-state index >= 15 is 0 Å². The predicted octanol–water partition coefficient (Wildman–Crippen LogP) is 0.217. The standard InChI is InChI=1S/C8H14N4OS/c1-12(2)8(10-7-9)11-14-5-3-13-4-6-14/h3-6H2,1-2H3. The van der Waals surface area contributed by atoms with Gasteiger partial charge in [-0.3, -0.25) is 0 Å². The zero-order valence-electron chi connectivity index (χ0n) is 8.43. The normalized spacial score (nSPS) is 18.8. The van der Waals surface area contributed by atoms with Crippen molar-refractivity contribution in [2.24, 2.45) is 9.36 Å². The zero-order valence-corrected chi connectivity index (χ0v) is 9.25. The van der Waals surface area contributed by atoms with Gasteiger partial charge in [-0.1, -0.05) is 10.7 Å². The highest BCUT2D eigenvalue weighted by atomic mass is 32.2. The lowest BCUT2D eigenvalue weighted by molar-refractivity contribution is 0.160. The highest BCUT2D eigenvalue weighted by Gasteiger charge is 2.07. The summed E-state index contributed by atoms with van der Waals surface area (Å²) in [6.07, 6.45) is 1.76. The molecule has 0 spiro atoms. The van der Waals surface area contributed by atoms with E-state index in [0.29, 0.717) is 5.96 Å². The first-order valence-corrected chi connectivity index (χ1v) is 5.87. The number of hydrogen-bond donors (Lipinski definition) is 0. The fraction of sp³-hybridized carbons (Fsp3) is 0.750. The van der Waals surface area contributed by atoms with Crippen LogP contribution in [-0.2, 0) is 15.4 Å². The molecular weight excluding hydrogens is 200 g/mol. The van der Waals surface area contributed by atoms with Gasteiger partial charge in [-0.05, 0) is 0 Å². The number of hydrogen-bond acceptors (Lipinski definition) is 3. The first-order valence-electron chi connectivity index (χ1n) is 4.35. The minimum Gasteiger partial charge on any atom is -0.380 e. The molecule has 0 aliphatic carbocycles. The first kappa shape index (κ1) is 11.1. The van der Waals surface area contributed by atoms with Crippen LogP contribution in [0.5, 0.6) is 0 Å². The SMILES string of the molecule is CN(C)C(=NC#N)N=S1CCOCC1. The summed E-state index contributed by atoms with van der Waals surface area (Å²) in [4.78, 5) is 5.42. The van der Waals surface area contributed by atoms with Crippen molar-refractivity contribution in [3.8, 4) is 6.19 Å². The summed E-state index contributed by atoms with van der Waals surface area (Å²) in [5, 5.41) is 8.47. The smallest absolute Gasteiger partial charge is 0.241 e. The fourth-order valence-electron chi connectivity index (χ4n) is 0.968. The molecule has 14 heavy (non-hydrogen) atoms. The molecule has 6 heteroatoms. The van der Waals surface area contributed by atoms with Crippen molar-refractivity contribution in [3.63, 3.8) is 0 Å². The summed E-state index contributed by atoms with van der Waals surface area (Å²) in [7, 11) is 3.65. The molecular formula is C8H14N4OS. The number of ether oxygens (including phenoxy) is 1. The van der Waals surface area contributed by atoms with E-state index in [-0.39, 0.29) is 10.7 Å². The number of nitrogens with zero attached hydrogens (tertiary/aromatic N) is 4. The summed E-state index contributed by atoms with van der Waals surface area (Å²) in [5.74, 6) is 2.40. The molecule has 1 rings (SSSR count). The molecule has 0 bridgehead atoms. The third kappa shape index (κ3) is 3.44. The van der Waals surface area contributed by atoms with Crippen molar-refractivity contribution in [2.45, 2.75) is 0 Å². The van der Waals surface area contributed by atoms with Crippen LogP contribution in [0.2, 0.25) is 0 Å². The van der Waals surface area contributed by atoms with E-state index in [1.807, 2.05) is 14.1 Å². The molecule has 0 amide bonds. The molecule has 1 fully saturated rings. The van der Waals surface area contributed by atoms with Crippen LogP contribution in [0.15, 0.2) is 9.36 Å². The molecule has 5 nitrogen and oxygen atoms in total. The second kappa shape index (κ2) is 5.73. The minimum absolute atomic E-state index is 0.0204. The minimum atomic E-state index is -0.0204. The lowest BCUT2D eigenvalue weighted by Gasteiger charge is -2.16. The molecule has 0 aromatic rings. The van der Waals surface area contributed by atoms with E-state index in [0.717, 1.165) is 24.7 Å². The van der Waals surface area contributed by atoms with Gasteiger partial charge in [-0.15, -0.1) is 4.99 Å². The Morgan fingerprint density at radius 2 is 2.07 bits per heavy atom. The molecule has 1 aliphatic heterocycles. The van der Waals surface area contributed by atoms with Gasteiger partial charge in [0.2, 0.25) is 12.2 Å². The van der Waals surface area contributed by atoms with Crippen molar-refractivity contribution >= 4 is 16.7 Å². The maximum absolute atomic E-state index is 8.47. The van der Waals surface area contributed by atoms with E-state index in [2.05, 4.69) is 9.36 Å². The van der Waals surface area contributed by atoms with Crippen molar-refractivity contribution in [3.05, 3.63) is 0 Å². The molecule has 0 aromatic heterocycles. The number of guanidine groups is 1. The van der Waals surface area contributed by atoms with Gasteiger partial charge < -0.3 is 9.64 Å². The average molecular weight is 214 g/mol. The molecule has 1 heterocycles. The van der Waals surface area contributed by atoms with Crippen LogP contribution in [0.1, 0.15) is 0 Å². The van der Waals surface area contributed by atoms with Gasteiger partial charge in [0.05, 0.1) is 13.2 Å². The molecule has 0 atom stereocenters. The van der Waals surface area contributed by atoms with Crippen molar-refractivity contribution < 1.29 is 4.74 Å². The second-order valence-corrected chi connectivity index (χ2v) is 4.90. The Morgan fingerprint density at radius 3 is 2.57 bits per heavy atom. The van der Waals surface area contributed by atoms with E-state index in [9.17, 15) is 0 Å². The van der Waals surface area contributed by atoms with Crippen LogP contribution < -0.4 is 0 Å². The Bertz CT molecular complexity index is 284. The molecule has 1 saturated heterocycles. The Morgan fingerprint density at radius 1 is 1.43 bits per heavy atom. The van der Waals surface area contributed by atoms with Gasteiger partial charge in [0, 0.05) is 25.6 Å². The van der Waals surface area contributed by atoms with Crippen LogP contribution >= 0.6 is 0 Å². The summed E-state index contributed by atoms with van der Waals surface area (Å²) in [5.41, 5.74) is 0. The second-order valence-electron chi connectivity index (χ2n) is 2.98. The zero-order chi connectivity index (χ0) is 10.4. The van der Waals surface area contributed by atoms with Gasteiger partial charge in [0.15, 0.2) is 0 Å². The van der Waals surface area contributed by atoms with Crippen LogP contribution in [0.3, 0.4) is 0 Å². The quantitative estimate of drug-likeness (QED) is 0.329. The molecule has 78 valence electrons. The first-order chi connectivity index (χ1) is 6.74. The topological polar surface area (TPSA) is 61.0 Å². The van der Waals surface area contributed by atoms with Crippen molar-refractivity contribution in [1.29, 1.82) is 5.26 Å². The monoisotopic (exact) mass is 214 g/mol. The van der Waals surface area contributed by atoms with Crippen LogP contribution in [0, 0.1) is 11.5 Å².